The first-order valence-corrected chi connectivity index (χ1v) is 6.04. The molecule has 0 N–H and O–H groups in total. The number of rotatable bonds is 4. The van der Waals surface area contributed by atoms with Crippen molar-refractivity contribution in [3.8, 4) is 0 Å². The quantitative estimate of drug-likeness (QED) is 0.772. The minimum atomic E-state index is -2.55. The van der Waals surface area contributed by atoms with E-state index in [2.05, 4.69) is 0 Å². The summed E-state index contributed by atoms with van der Waals surface area (Å²) in [7, 11) is 0. The van der Waals surface area contributed by atoms with Crippen LogP contribution in [0.3, 0.4) is 0 Å². The van der Waals surface area contributed by atoms with Gasteiger partial charge in [0.25, 0.3) is 0 Å². The number of halogens is 2. The van der Waals surface area contributed by atoms with E-state index in [0.717, 1.165) is 5.56 Å². The lowest BCUT2D eigenvalue weighted by atomic mass is 9.93. The Morgan fingerprint density at radius 3 is 2.56 bits per heavy atom. The van der Waals surface area contributed by atoms with Crippen LogP contribution in [0.25, 0.3) is 0 Å². The van der Waals surface area contributed by atoms with Crippen molar-refractivity contribution in [2.45, 2.75) is 32.1 Å². The van der Waals surface area contributed by atoms with E-state index >= 15 is 0 Å². The van der Waals surface area contributed by atoms with Crippen molar-refractivity contribution in [2.75, 3.05) is 6.61 Å². The van der Waals surface area contributed by atoms with Gasteiger partial charge in [-0.25, -0.2) is 8.78 Å². The van der Waals surface area contributed by atoms with Crippen molar-refractivity contribution in [3.63, 3.8) is 0 Å². The Bertz CT molecular complexity index is 442. The Kier molecular flexibility index (Phi) is 3.37. The summed E-state index contributed by atoms with van der Waals surface area (Å²) in [4.78, 5) is 11.6. The zero-order valence-electron chi connectivity index (χ0n) is 10.5. The SMILES string of the molecule is CCOC(=O)[C@H]1C[C@@]1(c1ccc(C)cc1)C(F)F. The van der Waals surface area contributed by atoms with E-state index in [-0.39, 0.29) is 13.0 Å². The molecule has 98 valence electrons. The standard InChI is InChI=1S/C14H16F2O2/c1-3-18-12(17)11-8-14(11,13(15)16)10-6-4-9(2)5-7-10/h4-7,11,13H,3,8H2,1-2H3/t11-,14+/m1/s1. The Morgan fingerprint density at radius 2 is 2.06 bits per heavy atom. The third-order valence-electron chi connectivity index (χ3n) is 3.55. The largest absolute Gasteiger partial charge is 0.466 e. The number of ether oxygens (including phenoxy) is 1. The van der Waals surface area contributed by atoms with Gasteiger partial charge in [-0.2, -0.15) is 0 Å². The second-order valence-corrected chi connectivity index (χ2v) is 4.72. The molecule has 1 saturated carbocycles. The Morgan fingerprint density at radius 1 is 1.44 bits per heavy atom. The summed E-state index contributed by atoms with van der Waals surface area (Å²) in [6.45, 7) is 3.80. The van der Waals surface area contributed by atoms with Gasteiger partial charge in [0, 0.05) is 0 Å². The fourth-order valence-electron chi connectivity index (χ4n) is 2.37. The molecule has 1 aromatic carbocycles. The highest BCUT2D eigenvalue weighted by Gasteiger charge is 2.66. The van der Waals surface area contributed by atoms with Gasteiger partial charge in [-0.3, -0.25) is 4.79 Å². The second kappa shape index (κ2) is 4.67. The summed E-state index contributed by atoms with van der Waals surface area (Å²) in [6.07, 6.45) is -2.37. The number of benzene rings is 1. The molecule has 0 saturated heterocycles. The fraction of sp³-hybridized carbons (Fsp3) is 0.500. The van der Waals surface area contributed by atoms with Crippen molar-refractivity contribution in [1.82, 2.24) is 0 Å². The molecule has 18 heavy (non-hydrogen) atoms. The predicted molar refractivity (Wildman–Crippen MR) is 63.6 cm³/mol. The second-order valence-electron chi connectivity index (χ2n) is 4.72. The molecule has 0 amide bonds. The molecule has 1 aliphatic carbocycles. The number of carbonyl (C=O) groups excluding carboxylic acids is 1. The van der Waals surface area contributed by atoms with E-state index in [9.17, 15) is 13.6 Å². The Balaban J connectivity index is 2.26. The van der Waals surface area contributed by atoms with Crippen LogP contribution in [0.4, 0.5) is 8.78 Å². The molecular weight excluding hydrogens is 238 g/mol. The summed E-state index contributed by atoms with van der Waals surface area (Å²) in [5.74, 6) is -1.22. The zero-order chi connectivity index (χ0) is 13.3. The summed E-state index contributed by atoms with van der Waals surface area (Å²) < 4.78 is 31.5. The summed E-state index contributed by atoms with van der Waals surface area (Å²) >= 11 is 0. The van der Waals surface area contributed by atoms with Crippen LogP contribution in [0.15, 0.2) is 24.3 Å². The Labute approximate surface area is 105 Å². The van der Waals surface area contributed by atoms with Crippen LogP contribution < -0.4 is 0 Å². The molecule has 2 atom stereocenters. The molecule has 0 spiro atoms. The van der Waals surface area contributed by atoms with Crippen LogP contribution >= 0.6 is 0 Å². The lowest BCUT2D eigenvalue weighted by Crippen LogP contribution is -2.24. The van der Waals surface area contributed by atoms with E-state index in [1.807, 2.05) is 6.92 Å². The number of hydrogen-bond acceptors (Lipinski definition) is 2. The molecule has 4 heteroatoms. The lowest BCUT2D eigenvalue weighted by Gasteiger charge is -2.16. The van der Waals surface area contributed by atoms with Gasteiger partial charge in [0.2, 0.25) is 6.43 Å². The van der Waals surface area contributed by atoms with Crippen molar-refractivity contribution in [3.05, 3.63) is 35.4 Å². The van der Waals surface area contributed by atoms with E-state index < -0.39 is 23.7 Å². The first-order valence-electron chi connectivity index (χ1n) is 6.04. The zero-order valence-corrected chi connectivity index (χ0v) is 10.5. The molecule has 2 rings (SSSR count). The molecule has 0 aliphatic heterocycles. The summed E-state index contributed by atoms with van der Waals surface area (Å²) in [5, 5.41) is 0. The molecular formula is C14H16F2O2. The van der Waals surface area contributed by atoms with Gasteiger partial charge in [-0.05, 0) is 25.8 Å². The lowest BCUT2D eigenvalue weighted by molar-refractivity contribution is -0.145. The predicted octanol–water partition coefficient (Wildman–Crippen LogP) is 3.08. The highest BCUT2D eigenvalue weighted by molar-refractivity contribution is 5.79. The van der Waals surface area contributed by atoms with Crippen LogP contribution in [0, 0.1) is 12.8 Å². The fourth-order valence-corrected chi connectivity index (χ4v) is 2.37. The molecule has 0 bridgehead atoms. The number of alkyl halides is 2. The van der Waals surface area contributed by atoms with Gasteiger partial charge in [-0.15, -0.1) is 0 Å². The average Bonchev–Trinajstić information content (AvgIpc) is 3.07. The number of carbonyl (C=O) groups is 1. The first-order chi connectivity index (χ1) is 8.52. The van der Waals surface area contributed by atoms with Gasteiger partial charge in [0.1, 0.15) is 0 Å². The highest BCUT2D eigenvalue weighted by Crippen LogP contribution is 2.58. The maximum Gasteiger partial charge on any atom is 0.310 e. The molecule has 0 radical (unpaired) electrons. The summed E-state index contributed by atoms with van der Waals surface area (Å²) in [5.41, 5.74) is 0.206. The third kappa shape index (κ3) is 2.00. The number of esters is 1. The average molecular weight is 254 g/mol. The topological polar surface area (TPSA) is 26.3 Å². The van der Waals surface area contributed by atoms with E-state index in [0.29, 0.717) is 5.56 Å². The molecule has 1 aromatic rings. The minimum Gasteiger partial charge on any atom is -0.466 e. The molecule has 0 heterocycles. The molecule has 2 nitrogen and oxygen atoms in total. The van der Waals surface area contributed by atoms with Crippen LogP contribution in [0.5, 0.6) is 0 Å². The molecule has 0 unspecified atom stereocenters. The first kappa shape index (κ1) is 13.0. The minimum absolute atomic E-state index is 0.173. The molecule has 0 aromatic heterocycles. The van der Waals surface area contributed by atoms with E-state index in [4.69, 9.17) is 4.74 Å². The van der Waals surface area contributed by atoms with Crippen molar-refractivity contribution >= 4 is 5.97 Å². The van der Waals surface area contributed by atoms with Crippen molar-refractivity contribution in [1.29, 1.82) is 0 Å². The van der Waals surface area contributed by atoms with Gasteiger partial charge in [0.05, 0.1) is 17.9 Å². The van der Waals surface area contributed by atoms with Crippen LogP contribution in [-0.4, -0.2) is 19.0 Å². The van der Waals surface area contributed by atoms with Gasteiger partial charge >= 0.3 is 5.97 Å². The monoisotopic (exact) mass is 254 g/mol. The van der Waals surface area contributed by atoms with Gasteiger partial charge in [-0.1, -0.05) is 29.8 Å². The van der Waals surface area contributed by atoms with Gasteiger partial charge < -0.3 is 4.74 Å². The maximum atomic E-state index is 13.3. The van der Waals surface area contributed by atoms with E-state index in [1.54, 1.807) is 31.2 Å². The van der Waals surface area contributed by atoms with E-state index in [1.165, 1.54) is 0 Å². The number of aryl methyl sites for hydroxylation is 1. The normalized spacial score (nSPS) is 26.2. The number of hydrogen-bond donors (Lipinski definition) is 0. The van der Waals surface area contributed by atoms with Gasteiger partial charge in [0.15, 0.2) is 0 Å². The molecule has 1 fully saturated rings. The van der Waals surface area contributed by atoms with Crippen LogP contribution in [0.2, 0.25) is 0 Å². The van der Waals surface area contributed by atoms with Crippen LogP contribution in [-0.2, 0) is 14.9 Å². The maximum absolute atomic E-state index is 13.3. The van der Waals surface area contributed by atoms with Crippen LogP contribution in [0.1, 0.15) is 24.5 Å². The highest BCUT2D eigenvalue weighted by atomic mass is 19.3. The summed E-state index contributed by atoms with van der Waals surface area (Å²) in [6, 6.07) is 6.95. The smallest absolute Gasteiger partial charge is 0.310 e. The molecule has 1 aliphatic rings. The Hall–Kier alpha value is -1.45. The van der Waals surface area contributed by atoms with Crippen molar-refractivity contribution in [2.24, 2.45) is 5.92 Å². The van der Waals surface area contributed by atoms with Crippen molar-refractivity contribution < 1.29 is 18.3 Å². The third-order valence-corrected chi connectivity index (χ3v) is 3.55.